The molecule has 1 aromatic rings. The summed E-state index contributed by atoms with van der Waals surface area (Å²) in [5.41, 5.74) is 9.29. The van der Waals surface area contributed by atoms with Crippen LogP contribution in [0.15, 0.2) is 0 Å². The minimum absolute atomic E-state index is 0.284. The maximum absolute atomic E-state index is 12.6. The van der Waals surface area contributed by atoms with Gasteiger partial charge in [-0.2, -0.15) is 0 Å². The van der Waals surface area contributed by atoms with Gasteiger partial charge in [0.05, 0.1) is 0 Å². The lowest BCUT2D eigenvalue weighted by Crippen LogP contribution is -2.22. The Labute approximate surface area is 113 Å². The van der Waals surface area contributed by atoms with Gasteiger partial charge in [-0.25, -0.2) is 0 Å². The number of rotatable bonds is 3. The predicted octanol–water partition coefficient (Wildman–Crippen LogP) is 3.60. The molecule has 6 heteroatoms. The molecule has 1 nitrogen and oxygen atoms in total. The van der Waals surface area contributed by atoms with Crippen molar-refractivity contribution in [3.63, 3.8) is 0 Å². The van der Waals surface area contributed by atoms with Crippen LogP contribution in [0.3, 0.4) is 0 Å². The number of benzene rings is 1. The summed E-state index contributed by atoms with van der Waals surface area (Å²) in [6.45, 7) is 0.863. The predicted molar refractivity (Wildman–Crippen MR) is 74.0 cm³/mol. The Morgan fingerprint density at radius 3 is 1.88 bits per heavy atom. The smallest absolute Gasteiger partial charge is 0.449 e. The third-order valence-electron chi connectivity index (χ3n) is 3.11. The fraction of sp³-hybridized carbons (Fsp3) is 0.455. The second-order valence-corrected chi connectivity index (χ2v) is 5.34. The van der Waals surface area contributed by atoms with Crippen LogP contribution in [0.1, 0.15) is 27.8 Å². The Kier molecular flexibility index (Phi) is 4.51. The maximum Gasteiger partial charge on any atom is 0.482 e. The molecular weight excluding hydrogens is 341 g/mol. The van der Waals surface area contributed by atoms with Crippen LogP contribution >= 0.6 is 22.6 Å². The van der Waals surface area contributed by atoms with Crippen LogP contribution in [0, 0.1) is 24.3 Å². The molecule has 0 radical (unpaired) electrons. The van der Waals surface area contributed by atoms with Gasteiger partial charge in [-0.15, -0.1) is 0 Å². The lowest BCUT2D eigenvalue weighted by molar-refractivity contribution is 0.468. The van der Waals surface area contributed by atoms with Crippen LogP contribution in [0.5, 0.6) is 0 Å². The highest BCUT2D eigenvalue weighted by molar-refractivity contribution is 14.1. The van der Waals surface area contributed by atoms with E-state index in [9.17, 15) is 12.9 Å². The molecule has 0 atom stereocenters. The molecule has 0 fully saturated rings. The first kappa shape index (κ1) is 14.8. The van der Waals surface area contributed by atoms with Crippen molar-refractivity contribution in [1.29, 1.82) is 0 Å². The standard InChI is InChI=1S/C11H15BF3IN/c1-6-9(4-12(13,14)15)7(2)11(16)8(3)10(6)5-17/h4-5,17H2,1-3H3/q-1. The zero-order chi connectivity index (χ0) is 13.4. The van der Waals surface area contributed by atoms with Gasteiger partial charge in [0.2, 0.25) is 0 Å². The molecule has 0 aliphatic heterocycles. The summed E-state index contributed by atoms with van der Waals surface area (Å²) in [5, 5.41) is 0. The van der Waals surface area contributed by atoms with Gasteiger partial charge in [-0.05, 0) is 65.6 Å². The SMILES string of the molecule is Cc1c(I)c(C)c(C[B-](F)(F)F)c(C)c1CN. The van der Waals surface area contributed by atoms with Crippen LogP contribution in [0.4, 0.5) is 12.9 Å². The molecule has 17 heavy (non-hydrogen) atoms. The molecule has 96 valence electrons. The van der Waals surface area contributed by atoms with Crippen molar-refractivity contribution in [2.75, 3.05) is 0 Å². The highest BCUT2D eigenvalue weighted by atomic mass is 127. The van der Waals surface area contributed by atoms with E-state index in [1.807, 2.05) is 6.92 Å². The minimum Gasteiger partial charge on any atom is -0.449 e. The Morgan fingerprint density at radius 2 is 1.47 bits per heavy atom. The Bertz CT molecular complexity index is 444. The zero-order valence-electron chi connectivity index (χ0n) is 10.1. The third kappa shape index (κ3) is 3.16. The lowest BCUT2D eigenvalue weighted by Gasteiger charge is -2.23. The first-order valence-electron chi connectivity index (χ1n) is 5.37. The van der Waals surface area contributed by atoms with Crippen LogP contribution in [0.2, 0.25) is 0 Å². The maximum atomic E-state index is 12.6. The van der Waals surface area contributed by atoms with Crippen molar-refractivity contribution in [3.8, 4) is 0 Å². The quantitative estimate of drug-likeness (QED) is 0.650. The van der Waals surface area contributed by atoms with Gasteiger partial charge in [0.15, 0.2) is 0 Å². The summed E-state index contributed by atoms with van der Waals surface area (Å²) >= 11 is 2.10. The monoisotopic (exact) mass is 356 g/mol. The number of hydrogen-bond donors (Lipinski definition) is 1. The van der Waals surface area contributed by atoms with Gasteiger partial charge < -0.3 is 18.7 Å². The van der Waals surface area contributed by atoms with E-state index in [1.54, 1.807) is 13.8 Å². The molecule has 0 bridgehead atoms. The summed E-state index contributed by atoms with van der Waals surface area (Å²) in [7, 11) is 0. The third-order valence-corrected chi connectivity index (χ3v) is 4.73. The molecule has 2 N–H and O–H groups in total. The highest BCUT2D eigenvalue weighted by Gasteiger charge is 2.26. The van der Waals surface area contributed by atoms with E-state index in [2.05, 4.69) is 22.6 Å². The molecule has 1 aromatic carbocycles. The van der Waals surface area contributed by atoms with Crippen molar-refractivity contribution in [2.45, 2.75) is 33.6 Å². The van der Waals surface area contributed by atoms with E-state index >= 15 is 0 Å². The molecule has 0 unspecified atom stereocenters. The van der Waals surface area contributed by atoms with E-state index in [0.717, 1.165) is 20.3 Å². The van der Waals surface area contributed by atoms with Crippen LogP contribution in [0.25, 0.3) is 0 Å². The normalized spacial score (nSPS) is 12.0. The average molecular weight is 356 g/mol. The van der Waals surface area contributed by atoms with Crippen LogP contribution < -0.4 is 5.73 Å². The molecule has 0 aromatic heterocycles. The first-order valence-corrected chi connectivity index (χ1v) is 6.45. The van der Waals surface area contributed by atoms with E-state index in [0.29, 0.717) is 11.1 Å². The first-order chi connectivity index (χ1) is 7.69. The average Bonchev–Trinajstić information content (AvgIpc) is 2.21. The Morgan fingerprint density at radius 1 is 1.00 bits per heavy atom. The molecule has 0 amide bonds. The van der Waals surface area contributed by atoms with E-state index in [4.69, 9.17) is 5.73 Å². The molecule has 0 spiro atoms. The number of hydrogen-bond acceptors (Lipinski definition) is 1. The molecule has 0 saturated carbocycles. The lowest BCUT2D eigenvalue weighted by atomic mass is 9.77. The van der Waals surface area contributed by atoms with Crippen LogP contribution in [-0.2, 0) is 12.9 Å². The molecule has 0 heterocycles. The second kappa shape index (κ2) is 5.18. The summed E-state index contributed by atoms with van der Waals surface area (Å²) in [5.74, 6) is 0. The summed E-state index contributed by atoms with van der Waals surface area (Å²) < 4.78 is 38.7. The Hall–Kier alpha value is -0.235. The van der Waals surface area contributed by atoms with Crippen molar-refractivity contribution in [3.05, 3.63) is 31.4 Å². The van der Waals surface area contributed by atoms with Crippen molar-refractivity contribution in [2.24, 2.45) is 5.73 Å². The van der Waals surface area contributed by atoms with E-state index < -0.39 is 13.3 Å². The summed E-state index contributed by atoms with van der Waals surface area (Å²) in [6.07, 6.45) is -0.819. The summed E-state index contributed by atoms with van der Waals surface area (Å²) in [6, 6.07) is 0. The van der Waals surface area contributed by atoms with E-state index in [1.165, 1.54) is 0 Å². The zero-order valence-corrected chi connectivity index (χ0v) is 12.2. The minimum atomic E-state index is -4.81. The highest BCUT2D eigenvalue weighted by Crippen LogP contribution is 2.31. The molecule has 0 aliphatic rings. The van der Waals surface area contributed by atoms with Crippen molar-refractivity contribution < 1.29 is 12.9 Å². The molecule has 0 saturated heterocycles. The molecular formula is C11H15BF3IN-. The van der Waals surface area contributed by atoms with Gasteiger partial charge in [0, 0.05) is 10.1 Å². The largest absolute Gasteiger partial charge is 0.482 e. The second-order valence-electron chi connectivity index (χ2n) is 4.26. The number of halogens is 4. The fourth-order valence-corrected chi connectivity index (χ4v) is 2.79. The molecule has 1 rings (SSSR count). The fourth-order valence-electron chi connectivity index (χ4n) is 2.13. The topological polar surface area (TPSA) is 26.0 Å². The molecule has 0 aliphatic carbocycles. The van der Waals surface area contributed by atoms with Gasteiger partial charge in [-0.3, -0.25) is 0 Å². The van der Waals surface area contributed by atoms with E-state index in [-0.39, 0.29) is 6.54 Å². The summed E-state index contributed by atoms with van der Waals surface area (Å²) in [4.78, 5) is 0. The van der Waals surface area contributed by atoms with Crippen LogP contribution in [-0.4, -0.2) is 6.98 Å². The van der Waals surface area contributed by atoms with Gasteiger partial charge in [-0.1, -0.05) is 11.9 Å². The van der Waals surface area contributed by atoms with Gasteiger partial charge >= 0.3 is 6.98 Å². The van der Waals surface area contributed by atoms with Crippen molar-refractivity contribution >= 4 is 29.6 Å². The number of nitrogens with two attached hydrogens (primary N) is 1. The van der Waals surface area contributed by atoms with Gasteiger partial charge in [0.25, 0.3) is 0 Å². The van der Waals surface area contributed by atoms with Crippen molar-refractivity contribution in [1.82, 2.24) is 0 Å². The Balaban J connectivity index is 3.45. The van der Waals surface area contributed by atoms with Gasteiger partial charge in [0.1, 0.15) is 0 Å².